The molecule has 9 heavy (non-hydrogen) atoms. The van der Waals surface area contributed by atoms with Gasteiger partial charge in [0.1, 0.15) is 0 Å². The van der Waals surface area contributed by atoms with Gasteiger partial charge in [-0.1, -0.05) is 0 Å². The van der Waals surface area contributed by atoms with Crippen molar-refractivity contribution in [3.05, 3.63) is 0 Å². The van der Waals surface area contributed by atoms with Crippen LogP contribution in [0.1, 0.15) is 0 Å². The molecule has 0 aromatic rings. The standard InChI is InChI=1S/C5H12N3P/c1-7-3-4-8(2)5(7)6-9/h5,9H,3-4H2,1-2H3. The van der Waals surface area contributed by atoms with Crippen LogP contribution in [0.3, 0.4) is 0 Å². The van der Waals surface area contributed by atoms with E-state index in [4.69, 9.17) is 0 Å². The lowest BCUT2D eigenvalue weighted by molar-refractivity contribution is 0.200. The molecule has 0 unspecified atom stereocenters. The van der Waals surface area contributed by atoms with Gasteiger partial charge in [-0.2, -0.15) is 0 Å². The summed E-state index contributed by atoms with van der Waals surface area (Å²) in [6, 6.07) is 0. The Balaban J connectivity index is 2.54. The fraction of sp³-hybridized carbons (Fsp3) is 1.00. The molecule has 4 heteroatoms. The van der Waals surface area contributed by atoms with Crippen LogP contribution >= 0.6 is 9.03 Å². The number of rotatable bonds is 1. The summed E-state index contributed by atoms with van der Waals surface area (Å²) in [6.07, 6.45) is 0.238. The van der Waals surface area contributed by atoms with Crippen LogP contribution in [0.5, 0.6) is 0 Å². The zero-order chi connectivity index (χ0) is 6.85. The number of hydrogen-bond acceptors (Lipinski definition) is 3. The van der Waals surface area contributed by atoms with E-state index in [-0.39, 0.29) is 6.29 Å². The number of hydrogen-bond donors (Lipinski definition) is 0. The molecule has 52 valence electrons. The Morgan fingerprint density at radius 3 is 2.00 bits per heavy atom. The van der Waals surface area contributed by atoms with Crippen molar-refractivity contribution in [1.29, 1.82) is 0 Å². The van der Waals surface area contributed by atoms with Crippen LogP contribution in [-0.4, -0.2) is 43.3 Å². The Labute approximate surface area is 57.9 Å². The van der Waals surface area contributed by atoms with Crippen molar-refractivity contribution in [2.45, 2.75) is 6.29 Å². The third-order valence-electron chi connectivity index (χ3n) is 1.71. The summed E-state index contributed by atoms with van der Waals surface area (Å²) in [5, 5.41) is 0. The molecule has 3 nitrogen and oxygen atoms in total. The fourth-order valence-corrected chi connectivity index (χ4v) is 1.47. The first-order valence-electron chi connectivity index (χ1n) is 3.03. The molecule has 0 aromatic carbocycles. The van der Waals surface area contributed by atoms with E-state index < -0.39 is 0 Å². The van der Waals surface area contributed by atoms with E-state index in [1.165, 1.54) is 0 Å². The molecule has 1 aliphatic rings. The topological polar surface area (TPSA) is 18.8 Å². The maximum absolute atomic E-state index is 4.01. The van der Waals surface area contributed by atoms with Crippen molar-refractivity contribution < 1.29 is 0 Å². The van der Waals surface area contributed by atoms with E-state index in [0.717, 1.165) is 13.1 Å². The largest absolute Gasteiger partial charge is 0.271 e. The summed E-state index contributed by atoms with van der Waals surface area (Å²) in [7, 11) is 7.28. The van der Waals surface area contributed by atoms with E-state index in [9.17, 15) is 0 Å². The van der Waals surface area contributed by atoms with Gasteiger partial charge in [-0.25, -0.2) is 4.74 Å². The SMILES string of the molecule is CN1CCN(C)C1N=P. The van der Waals surface area contributed by atoms with Gasteiger partial charge in [0.2, 0.25) is 0 Å². The van der Waals surface area contributed by atoms with Crippen molar-refractivity contribution in [3.8, 4) is 0 Å². The van der Waals surface area contributed by atoms with Gasteiger partial charge in [-0.15, -0.1) is 0 Å². The van der Waals surface area contributed by atoms with Crippen LogP contribution in [-0.2, 0) is 0 Å². The summed E-state index contributed by atoms with van der Waals surface area (Å²) in [5.74, 6) is 0. The minimum atomic E-state index is 0.238. The summed E-state index contributed by atoms with van der Waals surface area (Å²) >= 11 is 0. The first kappa shape index (κ1) is 7.13. The Morgan fingerprint density at radius 2 is 1.78 bits per heavy atom. The second kappa shape index (κ2) is 2.74. The highest BCUT2D eigenvalue weighted by Crippen LogP contribution is 2.10. The molecular formula is C5H12N3P. The van der Waals surface area contributed by atoms with Gasteiger partial charge in [0, 0.05) is 13.1 Å². The third kappa shape index (κ3) is 1.29. The van der Waals surface area contributed by atoms with Crippen LogP contribution in [0.4, 0.5) is 0 Å². The first-order chi connectivity index (χ1) is 4.25. The summed E-state index contributed by atoms with van der Waals surface area (Å²) in [4.78, 5) is 4.38. The molecule has 1 saturated heterocycles. The smallest absolute Gasteiger partial charge is 0.161 e. The monoisotopic (exact) mass is 145 g/mol. The van der Waals surface area contributed by atoms with Crippen LogP contribution in [0.2, 0.25) is 0 Å². The van der Waals surface area contributed by atoms with E-state index in [1.54, 1.807) is 0 Å². The highest BCUT2D eigenvalue weighted by Gasteiger charge is 2.23. The van der Waals surface area contributed by atoms with Crippen molar-refractivity contribution in [1.82, 2.24) is 9.80 Å². The first-order valence-corrected chi connectivity index (χ1v) is 3.47. The molecule has 0 amide bonds. The lowest BCUT2D eigenvalue weighted by Gasteiger charge is -2.18. The molecule has 0 radical (unpaired) electrons. The van der Waals surface area contributed by atoms with E-state index in [2.05, 4.69) is 37.7 Å². The van der Waals surface area contributed by atoms with Crippen molar-refractivity contribution >= 4 is 9.03 Å². The lowest BCUT2D eigenvalue weighted by atomic mass is 10.6. The normalized spacial score (nSPS) is 25.1. The maximum atomic E-state index is 4.01. The molecule has 0 spiro atoms. The van der Waals surface area contributed by atoms with E-state index in [1.807, 2.05) is 0 Å². The van der Waals surface area contributed by atoms with Crippen molar-refractivity contribution in [2.24, 2.45) is 4.74 Å². The predicted octanol–water partition coefficient (Wildman–Crippen LogP) is 0.474. The number of nitrogens with zero attached hydrogens (tertiary/aromatic N) is 3. The molecule has 1 rings (SSSR count). The molecule has 0 aromatic heterocycles. The van der Waals surface area contributed by atoms with Gasteiger partial charge in [0.25, 0.3) is 0 Å². The molecule has 0 atom stereocenters. The second-order valence-electron chi connectivity index (χ2n) is 2.44. The van der Waals surface area contributed by atoms with Gasteiger partial charge >= 0.3 is 0 Å². The minimum absolute atomic E-state index is 0.238. The van der Waals surface area contributed by atoms with Crippen LogP contribution in [0.25, 0.3) is 0 Å². The second-order valence-corrected chi connectivity index (χ2v) is 2.69. The van der Waals surface area contributed by atoms with Crippen LogP contribution in [0.15, 0.2) is 4.74 Å². The Bertz CT molecular complexity index is 107. The molecule has 1 aliphatic heterocycles. The molecular weight excluding hydrogens is 133 g/mol. The summed E-state index contributed by atoms with van der Waals surface area (Å²) < 4.78 is 4.01. The van der Waals surface area contributed by atoms with Crippen LogP contribution < -0.4 is 0 Å². The average molecular weight is 145 g/mol. The lowest BCUT2D eigenvalue weighted by Crippen LogP contribution is -2.31. The van der Waals surface area contributed by atoms with E-state index in [0.29, 0.717) is 0 Å². The molecule has 1 fully saturated rings. The van der Waals surface area contributed by atoms with Crippen molar-refractivity contribution in [2.75, 3.05) is 27.2 Å². The maximum Gasteiger partial charge on any atom is 0.161 e. The summed E-state index contributed by atoms with van der Waals surface area (Å²) in [6.45, 7) is 2.21. The third-order valence-corrected chi connectivity index (χ3v) is 1.94. The summed E-state index contributed by atoms with van der Waals surface area (Å²) in [5.41, 5.74) is 0. The Morgan fingerprint density at radius 1 is 1.33 bits per heavy atom. The Hall–Kier alpha value is 0.0200. The average Bonchev–Trinajstić information content (AvgIpc) is 2.12. The fourth-order valence-electron chi connectivity index (χ4n) is 1.08. The minimum Gasteiger partial charge on any atom is -0.271 e. The molecule has 0 bridgehead atoms. The quantitative estimate of drug-likeness (QED) is 0.499. The Kier molecular flexibility index (Phi) is 2.17. The molecule has 0 aliphatic carbocycles. The molecule has 0 N–H and O–H groups in total. The highest BCUT2D eigenvalue weighted by molar-refractivity contribution is 7.04. The van der Waals surface area contributed by atoms with Gasteiger partial charge in [0.05, 0.1) is 0 Å². The predicted molar refractivity (Wildman–Crippen MR) is 39.8 cm³/mol. The van der Waals surface area contributed by atoms with Crippen LogP contribution in [0, 0.1) is 0 Å². The van der Waals surface area contributed by atoms with E-state index >= 15 is 0 Å². The van der Waals surface area contributed by atoms with Gasteiger partial charge in [-0.3, -0.25) is 9.80 Å². The molecule has 1 heterocycles. The van der Waals surface area contributed by atoms with Gasteiger partial charge in [-0.05, 0) is 23.1 Å². The molecule has 0 saturated carbocycles. The highest BCUT2D eigenvalue weighted by atomic mass is 31.0. The van der Waals surface area contributed by atoms with Gasteiger partial charge in [0.15, 0.2) is 6.29 Å². The zero-order valence-electron chi connectivity index (χ0n) is 5.83. The number of likely N-dealkylation sites (N-methyl/N-ethyl adjacent to an activating group) is 2. The van der Waals surface area contributed by atoms with Gasteiger partial charge < -0.3 is 0 Å². The van der Waals surface area contributed by atoms with Crippen molar-refractivity contribution in [3.63, 3.8) is 0 Å². The zero-order valence-corrected chi connectivity index (χ0v) is 6.83.